The second kappa shape index (κ2) is 7.46. The highest BCUT2D eigenvalue weighted by Gasteiger charge is 2.25. The van der Waals surface area contributed by atoms with E-state index in [4.69, 9.17) is 9.15 Å². The van der Waals surface area contributed by atoms with Crippen molar-refractivity contribution < 1.29 is 9.15 Å². The standard InChI is InChI=1S/C17H25NO2/c1-4-8-15(19-3)17(18-11-5-2)16-12-13-9-6-7-10-14(13)20-16/h6-7,9-10,12,15,17-18H,4-5,8,11H2,1-3H3. The number of hydrogen-bond acceptors (Lipinski definition) is 3. The van der Waals surface area contributed by atoms with Crippen molar-refractivity contribution in [2.45, 2.75) is 45.3 Å². The number of rotatable bonds is 8. The minimum absolute atomic E-state index is 0.118. The fourth-order valence-electron chi connectivity index (χ4n) is 2.58. The lowest BCUT2D eigenvalue weighted by atomic mass is 10.0. The Bertz CT molecular complexity index is 487. The van der Waals surface area contributed by atoms with Crippen LogP contribution in [0.3, 0.4) is 0 Å². The number of fused-ring (bicyclic) bond motifs is 1. The summed E-state index contributed by atoms with van der Waals surface area (Å²) in [6.45, 7) is 5.32. The molecule has 3 nitrogen and oxygen atoms in total. The summed E-state index contributed by atoms with van der Waals surface area (Å²) >= 11 is 0. The zero-order valence-corrected chi connectivity index (χ0v) is 12.7. The first-order chi connectivity index (χ1) is 9.80. The summed E-state index contributed by atoms with van der Waals surface area (Å²) in [5, 5.41) is 4.71. The van der Waals surface area contributed by atoms with Gasteiger partial charge < -0.3 is 14.5 Å². The molecule has 0 fully saturated rings. The third-order valence-corrected chi connectivity index (χ3v) is 3.61. The highest BCUT2D eigenvalue weighted by molar-refractivity contribution is 5.77. The summed E-state index contributed by atoms with van der Waals surface area (Å²) in [4.78, 5) is 0. The van der Waals surface area contributed by atoms with Gasteiger partial charge in [-0.25, -0.2) is 0 Å². The van der Waals surface area contributed by atoms with E-state index in [2.05, 4.69) is 31.3 Å². The molecule has 0 aliphatic carbocycles. The maximum atomic E-state index is 6.01. The lowest BCUT2D eigenvalue weighted by Crippen LogP contribution is -2.33. The van der Waals surface area contributed by atoms with Crippen molar-refractivity contribution in [1.82, 2.24) is 5.32 Å². The zero-order valence-electron chi connectivity index (χ0n) is 12.7. The number of nitrogens with one attached hydrogen (secondary N) is 1. The SMILES string of the molecule is CCCNC(c1cc2ccccc2o1)C(CCC)OC. The molecule has 2 rings (SSSR count). The smallest absolute Gasteiger partial charge is 0.134 e. The molecular weight excluding hydrogens is 250 g/mol. The van der Waals surface area contributed by atoms with Gasteiger partial charge in [-0.15, -0.1) is 0 Å². The van der Waals surface area contributed by atoms with Crippen molar-refractivity contribution in [1.29, 1.82) is 0 Å². The Morgan fingerprint density at radius 1 is 1.20 bits per heavy atom. The first-order valence-electron chi connectivity index (χ1n) is 7.54. The van der Waals surface area contributed by atoms with Crippen LogP contribution in [0.25, 0.3) is 11.0 Å². The first-order valence-corrected chi connectivity index (χ1v) is 7.54. The molecule has 0 saturated heterocycles. The predicted molar refractivity (Wildman–Crippen MR) is 83.0 cm³/mol. The highest BCUT2D eigenvalue weighted by Crippen LogP contribution is 2.28. The van der Waals surface area contributed by atoms with Crippen LogP contribution in [0, 0.1) is 0 Å². The van der Waals surface area contributed by atoms with Gasteiger partial charge in [0.2, 0.25) is 0 Å². The summed E-state index contributed by atoms with van der Waals surface area (Å²) in [6.07, 6.45) is 3.36. The topological polar surface area (TPSA) is 34.4 Å². The molecule has 2 unspecified atom stereocenters. The Morgan fingerprint density at radius 2 is 2.00 bits per heavy atom. The van der Waals surface area contributed by atoms with Gasteiger partial charge in [0.05, 0.1) is 12.1 Å². The molecule has 0 aliphatic heterocycles. The van der Waals surface area contributed by atoms with Gasteiger partial charge in [-0.1, -0.05) is 38.5 Å². The van der Waals surface area contributed by atoms with Crippen LogP contribution in [-0.4, -0.2) is 19.8 Å². The monoisotopic (exact) mass is 275 g/mol. The normalized spacial score (nSPS) is 14.6. The molecule has 1 aromatic heterocycles. The molecule has 110 valence electrons. The molecule has 0 aliphatic rings. The van der Waals surface area contributed by atoms with E-state index in [1.54, 1.807) is 7.11 Å². The Labute approximate surface area is 121 Å². The molecular formula is C17H25NO2. The fraction of sp³-hybridized carbons (Fsp3) is 0.529. The summed E-state index contributed by atoms with van der Waals surface area (Å²) in [5.74, 6) is 0.972. The molecule has 3 heteroatoms. The Morgan fingerprint density at radius 3 is 2.65 bits per heavy atom. The molecule has 1 N–H and O–H groups in total. The van der Waals surface area contributed by atoms with Gasteiger partial charge in [-0.05, 0) is 31.5 Å². The van der Waals surface area contributed by atoms with E-state index in [0.29, 0.717) is 0 Å². The van der Waals surface area contributed by atoms with Crippen molar-refractivity contribution in [3.05, 3.63) is 36.1 Å². The van der Waals surface area contributed by atoms with Gasteiger partial charge in [0, 0.05) is 12.5 Å². The Hall–Kier alpha value is -1.32. The third-order valence-electron chi connectivity index (χ3n) is 3.61. The third kappa shape index (κ3) is 3.41. The Balaban J connectivity index is 2.28. The fourth-order valence-corrected chi connectivity index (χ4v) is 2.58. The molecule has 2 atom stereocenters. The van der Waals surface area contributed by atoms with Crippen LogP contribution in [0.2, 0.25) is 0 Å². The zero-order chi connectivity index (χ0) is 14.4. The molecule has 1 aromatic carbocycles. The van der Waals surface area contributed by atoms with E-state index < -0.39 is 0 Å². The molecule has 20 heavy (non-hydrogen) atoms. The van der Waals surface area contributed by atoms with E-state index in [1.165, 1.54) is 0 Å². The maximum Gasteiger partial charge on any atom is 0.134 e. The van der Waals surface area contributed by atoms with Gasteiger partial charge in [0.1, 0.15) is 11.3 Å². The first kappa shape index (κ1) is 15.1. The number of furan rings is 1. The van der Waals surface area contributed by atoms with E-state index in [9.17, 15) is 0 Å². The highest BCUT2D eigenvalue weighted by atomic mass is 16.5. The lowest BCUT2D eigenvalue weighted by Gasteiger charge is -2.25. The van der Waals surface area contributed by atoms with Crippen molar-refractivity contribution >= 4 is 11.0 Å². The maximum absolute atomic E-state index is 6.01. The van der Waals surface area contributed by atoms with Gasteiger partial charge in [0.25, 0.3) is 0 Å². The van der Waals surface area contributed by atoms with E-state index in [-0.39, 0.29) is 12.1 Å². The quantitative estimate of drug-likeness (QED) is 0.780. The van der Waals surface area contributed by atoms with Crippen molar-refractivity contribution in [3.8, 4) is 0 Å². The minimum Gasteiger partial charge on any atom is -0.459 e. The van der Waals surface area contributed by atoms with Gasteiger partial charge in [-0.3, -0.25) is 0 Å². The van der Waals surface area contributed by atoms with Crippen LogP contribution in [0.1, 0.15) is 44.9 Å². The molecule has 0 bridgehead atoms. The second-order valence-corrected chi connectivity index (χ2v) is 5.18. The second-order valence-electron chi connectivity index (χ2n) is 5.18. The number of benzene rings is 1. The molecule has 0 saturated carbocycles. The predicted octanol–water partition coefficient (Wildman–Crippen LogP) is 4.29. The largest absolute Gasteiger partial charge is 0.459 e. The molecule has 0 radical (unpaired) electrons. The van der Waals surface area contributed by atoms with Gasteiger partial charge >= 0.3 is 0 Å². The number of ether oxygens (including phenoxy) is 1. The van der Waals surface area contributed by atoms with Crippen LogP contribution in [-0.2, 0) is 4.74 Å². The van der Waals surface area contributed by atoms with Crippen molar-refractivity contribution in [2.75, 3.05) is 13.7 Å². The lowest BCUT2D eigenvalue weighted by molar-refractivity contribution is 0.0542. The van der Waals surface area contributed by atoms with E-state index in [1.807, 2.05) is 18.2 Å². The van der Waals surface area contributed by atoms with Crippen LogP contribution in [0.15, 0.2) is 34.7 Å². The van der Waals surface area contributed by atoms with Crippen molar-refractivity contribution in [3.63, 3.8) is 0 Å². The van der Waals surface area contributed by atoms with Crippen LogP contribution in [0.5, 0.6) is 0 Å². The molecule has 1 heterocycles. The van der Waals surface area contributed by atoms with Crippen LogP contribution >= 0.6 is 0 Å². The van der Waals surface area contributed by atoms with Crippen molar-refractivity contribution in [2.24, 2.45) is 0 Å². The summed E-state index contributed by atoms with van der Waals surface area (Å²) in [6, 6.07) is 10.4. The van der Waals surface area contributed by atoms with Gasteiger partial charge in [-0.2, -0.15) is 0 Å². The Kier molecular flexibility index (Phi) is 5.62. The van der Waals surface area contributed by atoms with E-state index >= 15 is 0 Å². The number of para-hydroxylation sites is 1. The summed E-state index contributed by atoms with van der Waals surface area (Å²) in [7, 11) is 1.78. The average molecular weight is 275 g/mol. The number of methoxy groups -OCH3 is 1. The van der Waals surface area contributed by atoms with E-state index in [0.717, 1.165) is 42.5 Å². The molecule has 2 aromatic rings. The molecule has 0 spiro atoms. The number of hydrogen-bond donors (Lipinski definition) is 1. The summed E-state index contributed by atoms with van der Waals surface area (Å²) < 4.78 is 11.7. The van der Waals surface area contributed by atoms with Crippen LogP contribution in [0.4, 0.5) is 0 Å². The van der Waals surface area contributed by atoms with Crippen LogP contribution < -0.4 is 5.32 Å². The minimum atomic E-state index is 0.118. The van der Waals surface area contributed by atoms with Gasteiger partial charge in [0.15, 0.2) is 0 Å². The average Bonchev–Trinajstić information content (AvgIpc) is 2.90. The summed E-state index contributed by atoms with van der Waals surface area (Å²) in [5.41, 5.74) is 0.942. The molecule has 0 amide bonds.